The van der Waals surface area contributed by atoms with Gasteiger partial charge in [-0.3, -0.25) is 9.59 Å². The zero-order valence-electron chi connectivity index (χ0n) is 9.75. The van der Waals surface area contributed by atoms with Crippen molar-refractivity contribution in [2.75, 3.05) is 0 Å². The van der Waals surface area contributed by atoms with Crippen LogP contribution in [0.2, 0.25) is 0 Å². The van der Waals surface area contributed by atoms with Gasteiger partial charge in [0.05, 0.1) is 5.56 Å². The molecule has 0 bridgehead atoms. The SMILES string of the molecule is NC(=O)c1csc2c(=O)cc(-c3ccccc3)oc12. The van der Waals surface area contributed by atoms with Gasteiger partial charge >= 0.3 is 0 Å². The van der Waals surface area contributed by atoms with Gasteiger partial charge in [0.15, 0.2) is 5.58 Å². The quantitative estimate of drug-likeness (QED) is 0.778. The molecule has 0 spiro atoms. The summed E-state index contributed by atoms with van der Waals surface area (Å²) in [6, 6.07) is 10.7. The number of carbonyl (C=O) groups is 1. The third-order valence-electron chi connectivity index (χ3n) is 2.77. The first-order valence-electron chi connectivity index (χ1n) is 5.57. The molecule has 2 aromatic heterocycles. The Balaban J connectivity index is 2.32. The number of primary amides is 1. The van der Waals surface area contributed by atoms with Gasteiger partial charge in [0.2, 0.25) is 5.43 Å². The number of carbonyl (C=O) groups excluding carboxylic acids is 1. The van der Waals surface area contributed by atoms with Crippen molar-refractivity contribution in [3.05, 3.63) is 57.6 Å². The van der Waals surface area contributed by atoms with Gasteiger partial charge in [0.25, 0.3) is 5.91 Å². The fraction of sp³-hybridized carbons (Fsp3) is 0. The van der Waals surface area contributed by atoms with Crippen molar-refractivity contribution in [1.29, 1.82) is 0 Å². The summed E-state index contributed by atoms with van der Waals surface area (Å²) in [4.78, 5) is 23.3. The number of thiophene rings is 1. The lowest BCUT2D eigenvalue weighted by molar-refractivity contribution is 0.100. The van der Waals surface area contributed by atoms with Crippen molar-refractivity contribution in [2.45, 2.75) is 0 Å². The summed E-state index contributed by atoms with van der Waals surface area (Å²) in [6.45, 7) is 0. The van der Waals surface area contributed by atoms with E-state index in [-0.39, 0.29) is 16.6 Å². The van der Waals surface area contributed by atoms with Gasteiger partial charge in [0, 0.05) is 17.0 Å². The first-order valence-corrected chi connectivity index (χ1v) is 6.45. The maximum Gasteiger partial charge on any atom is 0.253 e. The zero-order chi connectivity index (χ0) is 13.4. The summed E-state index contributed by atoms with van der Waals surface area (Å²) < 4.78 is 6.08. The van der Waals surface area contributed by atoms with E-state index < -0.39 is 5.91 Å². The molecule has 1 aromatic carbocycles. The van der Waals surface area contributed by atoms with Gasteiger partial charge < -0.3 is 10.2 Å². The molecule has 3 rings (SSSR count). The number of fused-ring (bicyclic) bond motifs is 1. The Bertz CT molecular complexity index is 818. The van der Waals surface area contributed by atoms with Crippen molar-refractivity contribution in [3.8, 4) is 11.3 Å². The second-order valence-corrected chi connectivity index (χ2v) is 4.89. The molecular formula is C14H9NO3S. The Morgan fingerprint density at radius 2 is 1.95 bits per heavy atom. The van der Waals surface area contributed by atoms with Crippen LogP contribution in [-0.4, -0.2) is 5.91 Å². The van der Waals surface area contributed by atoms with E-state index in [2.05, 4.69) is 0 Å². The molecule has 0 atom stereocenters. The average Bonchev–Trinajstić information content (AvgIpc) is 2.84. The maximum atomic E-state index is 12.0. The number of rotatable bonds is 2. The van der Waals surface area contributed by atoms with Crippen molar-refractivity contribution in [3.63, 3.8) is 0 Å². The minimum Gasteiger partial charge on any atom is -0.454 e. The Labute approximate surface area is 112 Å². The number of nitrogens with two attached hydrogens (primary N) is 1. The molecule has 0 aliphatic carbocycles. The van der Waals surface area contributed by atoms with Gasteiger partial charge in [-0.25, -0.2) is 0 Å². The molecule has 0 saturated carbocycles. The molecule has 4 nitrogen and oxygen atoms in total. The highest BCUT2D eigenvalue weighted by molar-refractivity contribution is 7.17. The van der Waals surface area contributed by atoms with Gasteiger partial charge in [-0.05, 0) is 0 Å². The Morgan fingerprint density at radius 1 is 1.21 bits per heavy atom. The molecule has 0 radical (unpaired) electrons. The van der Waals surface area contributed by atoms with E-state index in [4.69, 9.17) is 10.2 Å². The van der Waals surface area contributed by atoms with Crippen LogP contribution in [-0.2, 0) is 0 Å². The van der Waals surface area contributed by atoms with Crippen LogP contribution in [0.25, 0.3) is 21.6 Å². The largest absolute Gasteiger partial charge is 0.454 e. The average molecular weight is 271 g/mol. The summed E-state index contributed by atoms with van der Waals surface area (Å²) in [5, 5.41) is 1.55. The number of amides is 1. The van der Waals surface area contributed by atoms with E-state index in [1.165, 1.54) is 17.4 Å². The lowest BCUT2D eigenvalue weighted by Crippen LogP contribution is -2.10. The van der Waals surface area contributed by atoms with Crippen molar-refractivity contribution in [2.24, 2.45) is 5.73 Å². The van der Waals surface area contributed by atoms with E-state index in [9.17, 15) is 9.59 Å². The van der Waals surface area contributed by atoms with E-state index >= 15 is 0 Å². The lowest BCUT2D eigenvalue weighted by atomic mass is 10.1. The number of hydrogen-bond donors (Lipinski definition) is 1. The minimum absolute atomic E-state index is 0.169. The molecule has 0 fully saturated rings. The van der Waals surface area contributed by atoms with E-state index in [1.54, 1.807) is 5.38 Å². The molecule has 0 unspecified atom stereocenters. The molecular weight excluding hydrogens is 262 g/mol. The Morgan fingerprint density at radius 3 is 2.63 bits per heavy atom. The predicted octanol–water partition coefficient (Wildman–Crippen LogP) is 2.62. The molecule has 0 saturated heterocycles. The smallest absolute Gasteiger partial charge is 0.253 e. The second-order valence-electron chi connectivity index (χ2n) is 4.01. The third kappa shape index (κ3) is 1.94. The van der Waals surface area contributed by atoms with Crippen LogP contribution >= 0.6 is 11.3 Å². The molecule has 0 aliphatic rings. The van der Waals surface area contributed by atoms with Crippen molar-refractivity contribution < 1.29 is 9.21 Å². The molecule has 19 heavy (non-hydrogen) atoms. The van der Waals surface area contributed by atoms with Crippen LogP contribution in [0.3, 0.4) is 0 Å². The fourth-order valence-corrected chi connectivity index (χ4v) is 2.75. The van der Waals surface area contributed by atoms with Gasteiger partial charge in [-0.1, -0.05) is 30.3 Å². The normalized spacial score (nSPS) is 10.7. The van der Waals surface area contributed by atoms with Crippen molar-refractivity contribution >= 4 is 27.5 Å². The van der Waals surface area contributed by atoms with Gasteiger partial charge in [0.1, 0.15) is 10.5 Å². The molecule has 94 valence electrons. The summed E-state index contributed by atoms with van der Waals surface area (Å²) in [5.74, 6) is -0.168. The van der Waals surface area contributed by atoms with Crippen LogP contribution in [0.15, 0.2) is 51.0 Å². The molecule has 0 aliphatic heterocycles. The Hall–Kier alpha value is -2.40. The molecule has 3 aromatic rings. The van der Waals surface area contributed by atoms with Crippen LogP contribution < -0.4 is 11.2 Å². The summed E-state index contributed by atoms with van der Waals surface area (Å²) >= 11 is 1.17. The monoisotopic (exact) mass is 271 g/mol. The van der Waals surface area contributed by atoms with E-state index in [0.29, 0.717) is 10.5 Å². The highest BCUT2D eigenvalue weighted by atomic mass is 32.1. The third-order valence-corrected chi connectivity index (χ3v) is 3.74. The summed E-state index contributed by atoms with van der Waals surface area (Å²) in [5.41, 5.74) is 6.39. The maximum absolute atomic E-state index is 12.0. The highest BCUT2D eigenvalue weighted by Gasteiger charge is 2.15. The van der Waals surface area contributed by atoms with Crippen molar-refractivity contribution in [1.82, 2.24) is 0 Å². The fourth-order valence-electron chi connectivity index (χ4n) is 1.86. The van der Waals surface area contributed by atoms with Gasteiger partial charge in [-0.2, -0.15) is 0 Å². The van der Waals surface area contributed by atoms with Crippen LogP contribution in [0.5, 0.6) is 0 Å². The highest BCUT2D eigenvalue weighted by Crippen LogP contribution is 2.27. The summed E-state index contributed by atoms with van der Waals surface area (Å²) in [7, 11) is 0. The number of benzene rings is 1. The first-order chi connectivity index (χ1) is 9.16. The summed E-state index contributed by atoms with van der Waals surface area (Å²) in [6.07, 6.45) is 0. The molecule has 2 heterocycles. The molecule has 5 heteroatoms. The van der Waals surface area contributed by atoms with Crippen LogP contribution in [0.1, 0.15) is 10.4 Å². The van der Waals surface area contributed by atoms with Crippen LogP contribution in [0, 0.1) is 0 Å². The zero-order valence-corrected chi connectivity index (χ0v) is 10.6. The second kappa shape index (κ2) is 4.37. The Kier molecular flexibility index (Phi) is 2.68. The first kappa shape index (κ1) is 11.7. The molecule has 2 N–H and O–H groups in total. The van der Waals surface area contributed by atoms with E-state index in [1.807, 2.05) is 30.3 Å². The standard InChI is InChI=1S/C14H9NO3S/c15-14(17)9-7-19-13-10(16)6-11(18-12(9)13)8-4-2-1-3-5-8/h1-7H,(H2,15,17). The van der Waals surface area contributed by atoms with Crippen LogP contribution in [0.4, 0.5) is 0 Å². The van der Waals surface area contributed by atoms with Gasteiger partial charge in [-0.15, -0.1) is 11.3 Å². The van der Waals surface area contributed by atoms with E-state index in [0.717, 1.165) is 5.56 Å². The lowest BCUT2D eigenvalue weighted by Gasteiger charge is -2.01. The predicted molar refractivity (Wildman–Crippen MR) is 74.3 cm³/mol. The minimum atomic E-state index is -0.598. The molecule has 1 amide bonds. The topological polar surface area (TPSA) is 73.3 Å². The number of hydrogen-bond acceptors (Lipinski definition) is 4.